The summed E-state index contributed by atoms with van der Waals surface area (Å²) in [4.78, 5) is 36.6. The Bertz CT molecular complexity index is 1540. The van der Waals surface area contributed by atoms with Gasteiger partial charge in [0.25, 0.3) is 11.2 Å². The number of hydrogen-bond donors (Lipinski definition) is 0. The van der Waals surface area contributed by atoms with Crippen molar-refractivity contribution in [2.45, 2.75) is 17.3 Å². The fourth-order valence-corrected chi connectivity index (χ4v) is 6.13. The highest BCUT2D eigenvalue weighted by molar-refractivity contribution is 7.87. The molecule has 3 aromatic rings. The van der Waals surface area contributed by atoms with Gasteiger partial charge in [-0.2, -0.15) is 8.42 Å². The third-order valence-electron chi connectivity index (χ3n) is 6.03. The molecule has 2 aliphatic rings. The van der Waals surface area contributed by atoms with Gasteiger partial charge in [-0.1, -0.05) is 30.3 Å². The summed E-state index contributed by atoms with van der Waals surface area (Å²) in [5.74, 6) is -1.37. The molecule has 0 saturated carbocycles. The van der Waals surface area contributed by atoms with Crippen LogP contribution in [0.5, 0.6) is 11.6 Å². The normalized spacial score (nSPS) is 22.2. The van der Waals surface area contributed by atoms with E-state index in [2.05, 4.69) is 0 Å². The Morgan fingerprint density at radius 3 is 2.39 bits per heavy atom. The fraction of sp³-hybridized carbons (Fsp3) is 0.238. The Morgan fingerprint density at radius 2 is 1.73 bits per heavy atom. The van der Waals surface area contributed by atoms with Crippen molar-refractivity contribution >= 4 is 15.8 Å². The molecule has 33 heavy (non-hydrogen) atoms. The van der Waals surface area contributed by atoms with Gasteiger partial charge in [0.1, 0.15) is 17.1 Å². The second-order valence-corrected chi connectivity index (χ2v) is 9.57. The van der Waals surface area contributed by atoms with Gasteiger partial charge >= 0.3 is 15.8 Å². The van der Waals surface area contributed by atoms with E-state index in [9.17, 15) is 28.1 Å². The van der Waals surface area contributed by atoms with Crippen molar-refractivity contribution in [1.82, 2.24) is 9.13 Å². The second kappa shape index (κ2) is 7.04. The first-order chi connectivity index (χ1) is 15.6. The molecule has 0 aliphatic carbocycles. The molecule has 0 saturated heterocycles. The molecule has 0 radical (unpaired) electrons. The van der Waals surface area contributed by atoms with Crippen LogP contribution < -0.4 is 20.2 Å². The van der Waals surface area contributed by atoms with Crippen molar-refractivity contribution in [3.8, 4) is 11.6 Å². The van der Waals surface area contributed by atoms with Crippen LogP contribution in [0.15, 0.2) is 58.1 Å². The van der Waals surface area contributed by atoms with Gasteiger partial charge in [-0.15, -0.1) is 0 Å². The highest BCUT2D eigenvalue weighted by atomic mass is 32.2. The van der Waals surface area contributed by atoms with Crippen molar-refractivity contribution in [3.63, 3.8) is 0 Å². The summed E-state index contributed by atoms with van der Waals surface area (Å²) in [5, 5.41) is 10.0. The van der Waals surface area contributed by atoms with Crippen LogP contribution in [0.3, 0.4) is 0 Å². The minimum absolute atomic E-state index is 0.0783. The lowest BCUT2D eigenvalue weighted by molar-refractivity contribution is -0.385. The number of nitro groups is 1. The molecule has 0 unspecified atom stereocenters. The lowest BCUT2D eigenvalue weighted by Crippen LogP contribution is -2.51. The first kappa shape index (κ1) is 20.9. The third kappa shape index (κ3) is 2.98. The molecule has 0 bridgehead atoms. The Hall–Kier alpha value is -3.93. The molecule has 2 aliphatic heterocycles. The molecule has 11 nitrogen and oxygen atoms in total. The summed E-state index contributed by atoms with van der Waals surface area (Å²) >= 11 is 0. The molecule has 3 heterocycles. The van der Waals surface area contributed by atoms with E-state index in [0.29, 0.717) is 5.56 Å². The predicted molar refractivity (Wildman–Crippen MR) is 115 cm³/mol. The maximum absolute atomic E-state index is 13.3. The Balaban J connectivity index is 1.91. The van der Waals surface area contributed by atoms with Crippen LogP contribution in [-0.2, 0) is 24.2 Å². The van der Waals surface area contributed by atoms with E-state index in [1.807, 2.05) is 0 Å². The number of benzene rings is 2. The molecule has 2 aromatic carbocycles. The summed E-state index contributed by atoms with van der Waals surface area (Å²) in [7, 11) is -1.68. The Morgan fingerprint density at radius 1 is 1.03 bits per heavy atom. The second-order valence-electron chi connectivity index (χ2n) is 7.87. The number of non-ortho nitro benzene ring substituents is 1. The van der Waals surface area contributed by atoms with Crippen molar-refractivity contribution < 1.29 is 22.3 Å². The summed E-state index contributed by atoms with van der Waals surface area (Å²) < 4.78 is 40.0. The monoisotopic (exact) mass is 471 g/mol. The first-order valence-corrected chi connectivity index (χ1v) is 11.3. The van der Waals surface area contributed by atoms with Crippen LogP contribution in [0.25, 0.3) is 0 Å². The van der Waals surface area contributed by atoms with E-state index in [1.54, 1.807) is 30.3 Å². The van der Waals surface area contributed by atoms with Crippen LogP contribution in [0, 0.1) is 10.1 Å². The van der Waals surface area contributed by atoms with E-state index in [0.717, 1.165) is 15.2 Å². The molecule has 1 aromatic heterocycles. The molecule has 3 atom stereocenters. The number of hydrogen-bond acceptors (Lipinski definition) is 8. The zero-order valence-corrected chi connectivity index (χ0v) is 18.2. The lowest BCUT2D eigenvalue weighted by atomic mass is 9.82. The van der Waals surface area contributed by atoms with Crippen LogP contribution in [0.2, 0.25) is 0 Å². The van der Waals surface area contributed by atoms with Gasteiger partial charge in [0.05, 0.1) is 10.5 Å². The summed E-state index contributed by atoms with van der Waals surface area (Å²) in [6, 6.07) is 12.0. The highest BCUT2D eigenvalue weighted by Crippen LogP contribution is 2.52. The highest BCUT2D eigenvalue weighted by Gasteiger charge is 2.55. The maximum Gasteiger partial charge on any atom is 0.333 e. The SMILES string of the molecule is Cn1c2c(c(=O)n(C)c1=O)[C@H]1c3cc([N+](=O)[O-])ccc3OS(=O)(=O)[C@H]1[C@H](c1ccccc1)O2. The standard InChI is InChI=1S/C21H17N3O8S/c1-22-19(25)16-15-13-10-12(24(27)28)8-9-14(13)32-33(29,30)18(15)17(11-6-4-3-5-7-11)31-20(16)23(2)21(22)26/h3-10,15,17-18H,1-2H3/t15-,17+,18-/m1/s1. The van der Waals surface area contributed by atoms with Gasteiger partial charge in [-0.05, 0) is 11.6 Å². The van der Waals surface area contributed by atoms with Gasteiger partial charge in [0.15, 0.2) is 0 Å². The van der Waals surface area contributed by atoms with Crippen LogP contribution in [-0.4, -0.2) is 27.7 Å². The van der Waals surface area contributed by atoms with Gasteiger partial charge in [-0.25, -0.2) is 4.79 Å². The average Bonchev–Trinajstić information content (AvgIpc) is 2.80. The van der Waals surface area contributed by atoms with Crippen molar-refractivity contribution in [2.75, 3.05) is 0 Å². The van der Waals surface area contributed by atoms with E-state index in [1.165, 1.54) is 26.2 Å². The number of nitro benzene ring substituents is 1. The Labute approximate surface area is 186 Å². The summed E-state index contributed by atoms with van der Waals surface area (Å²) in [6.45, 7) is 0. The summed E-state index contributed by atoms with van der Waals surface area (Å²) in [6.07, 6.45) is -1.14. The molecular formula is C21H17N3O8S. The molecule has 12 heteroatoms. The van der Waals surface area contributed by atoms with Crippen LogP contribution >= 0.6 is 0 Å². The molecule has 0 N–H and O–H groups in total. The van der Waals surface area contributed by atoms with Crippen LogP contribution in [0.4, 0.5) is 5.69 Å². The zero-order valence-electron chi connectivity index (χ0n) is 17.4. The minimum atomic E-state index is -4.35. The fourth-order valence-electron chi connectivity index (χ4n) is 4.49. The molecule has 0 fully saturated rings. The molecule has 0 spiro atoms. The summed E-state index contributed by atoms with van der Waals surface area (Å²) in [5.41, 5.74) is -1.13. The number of aromatic nitrogens is 2. The van der Waals surface area contributed by atoms with Gasteiger partial charge < -0.3 is 8.92 Å². The minimum Gasteiger partial charge on any atom is -0.469 e. The van der Waals surface area contributed by atoms with Crippen LogP contribution in [0.1, 0.15) is 28.7 Å². The largest absolute Gasteiger partial charge is 0.469 e. The lowest BCUT2D eigenvalue weighted by Gasteiger charge is -2.41. The average molecular weight is 471 g/mol. The number of fused-ring (bicyclic) bond motifs is 5. The third-order valence-corrected chi connectivity index (χ3v) is 7.62. The van der Waals surface area contributed by atoms with Gasteiger partial charge in [-0.3, -0.25) is 24.0 Å². The van der Waals surface area contributed by atoms with Gasteiger partial charge in [0, 0.05) is 37.7 Å². The number of rotatable bonds is 2. The zero-order chi connectivity index (χ0) is 23.7. The van der Waals surface area contributed by atoms with Gasteiger partial charge in [0.2, 0.25) is 5.88 Å². The number of ether oxygens (including phenoxy) is 1. The Kier molecular flexibility index (Phi) is 4.47. The van der Waals surface area contributed by atoms with E-state index in [-0.39, 0.29) is 28.4 Å². The van der Waals surface area contributed by atoms with Crippen molar-refractivity contribution in [2.24, 2.45) is 14.1 Å². The van der Waals surface area contributed by atoms with E-state index in [4.69, 9.17) is 8.92 Å². The van der Waals surface area contributed by atoms with E-state index < -0.39 is 43.6 Å². The molecular weight excluding hydrogens is 454 g/mol. The van der Waals surface area contributed by atoms with Crippen molar-refractivity contribution in [3.05, 3.63) is 96.2 Å². The topological polar surface area (TPSA) is 140 Å². The quantitative estimate of drug-likeness (QED) is 0.310. The predicted octanol–water partition coefficient (Wildman–Crippen LogP) is 1.35. The molecule has 170 valence electrons. The smallest absolute Gasteiger partial charge is 0.333 e. The molecule has 0 amide bonds. The molecule has 5 rings (SSSR count). The maximum atomic E-state index is 13.3. The number of nitrogens with zero attached hydrogens (tertiary/aromatic N) is 3. The van der Waals surface area contributed by atoms with Crippen molar-refractivity contribution in [1.29, 1.82) is 0 Å². The van der Waals surface area contributed by atoms with E-state index >= 15 is 0 Å². The first-order valence-electron chi connectivity index (χ1n) is 9.85.